The lowest BCUT2D eigenvalue weighted by atomic mass is 10.0. The maximum atomic E-state index is 11.9. The van der Waals surface area contributed by atoms with Crippen molar-refractivity contribution in [1.29, 1.82) is 0 Å². The molecule has 1 aliphatic heterocycles. The van der Waals surface area contributed by atoms with Gasteiger partial charge in [0.05, 0.1) is 17.0 Å². The number of sulfone groups is 1. The minimum absolute atomic E-state index is 0.0607. The van der Waals surface area contributed by atoms with E-state index in [1.54, 1.807) is 12.1 Å². The second-order valence-corrected chi connectivity index (χ2v) is 9.03. The Balaban J connectivity index is 1.68. The molecule has 0 saturated heterocycles. The molecule has 0 amide bonds. The van der Waals surface area contributed by atoms with Gasteiger partial charge in [-0.1, -0.05) is 24.3 Å². The summed E-state index contributed by atoms with van der Waals surface area (Å²) in [4.78, 5) is 7.36. The van der Waals surface area contributed by atoms with E-state index in [0.717, 1.165) is 53.8 Å². The number of aromatic nitrogens is 1. The summed E-state index contributed by atoms with van der Waals surface area (Å²) in [5.41, 5.74) is 3.98. The summed E-state index contributed by atoms with van der Waals surface area (Å²) in [5.74, 6) is 0.812. The van der Waals surface area contributed by atoms with Crippen LogP contribution in [0.5, 0.6) is 0 Å². The Labute approximate surface area is 159 Å². The molecule has 4 rings (SSSR count). The Morgan fingerprint density at radius 3 is 2.52 bits per heavy atom. The van der Waals surface area contributed by atoms with Gasteiger partial charge in [-0.2, -0.15) is 0 Å². The summed E-state index contributed by atoms with van der Waals surface area (Å²) in [6.07, 6.45) is 2.81. The molecule has 0 aliphatic carbocycles. The van der Waals surface area contributed by atoms with Crippen LogP contribution in [0.3, 0.4) is 0 Å². The zero-order valence-corrected chi connectivity index (χ0v) is 16.0. The van der Waals surface area contributed by atoms with Crippen molar-refractivity contribution in [2.75, 3.05) is 24.2 Å². The molecule has 27 heavy (non-hydrogen) atoms. The van der Waals surface area contributed by atoms with Crippen molar-refractivity contribution >= 4 is 26.6 Å². The van der Waals surface area contributed by atoms with Gasteiger partial charge in [0.25, 0.3) is 0 Å². The Morgan fingerprint density at radius 2 is 1.78 bits per heavy atom. The van der Waals surface area contributed by atoms with E-state index in [-0.39, 0.29) is 6.61 Å². The van der Waals surface area contributed by atoms with Crippen LogP contribution in [0.4, 0.5) is 5.82 Å². The number of para-hydroxylation sites is 1. The number of hydrogen-bond donors (Lipinski definition) is 1. The van der Waals surface area contributed by atoms with Gasteiger partial charge >= 0.3 is 0 Å². The summed E-state index contributed by atoms with van der Waals surface area (Å²) >= 11 is 0. The van der Waals surface area contributed by atoms with Crippen LogP contribution < -0.4 is 4.90 Å². The van der Waals surface area contributed by atoms with Crippen molar-refractivity contribution in [3.05, 3.63) is 65.2 Å². The van der Waals surface area contributed by atoms with E-state index in [9.17, 15) is 13.5 Å². The highest BCUT2D eigenvalue weighted by Gasteiger charge is 2.20. The van der Waals surface area contributed by atoms with Gasteiger partial charge in [-0.3, -0.25) is 0 Å². The van der Waals surface area contributed by atoms with Gasteiger partial charge in [0.2, 0.25) is 0 Å². The number of rotatable bonds is 3. The van der Waals surface area contributed by atoms with E-state index in [1.165, 1.54) is 11.8 Å². The summed E-state index contributed by atoms with van der Waals surface area (Å²) in [7, 11) is -3.21. The molecule has 2 heterocycles. The first kappa shape index (κ1) is 17.9. The van der Waals surface area contributed by atoms with Crippen LogP contribution in [0.2, 0.25) is 0 Å². The number of nitrogens with zero attached hydrogens (tertiary/aromatic N) is 2. The van der Waals surface area contributed by atoms with Crippen LogP contribution in [0, 0.1) is 0 Å². The monoisotopic (exact) mass is 382 g/mol. The minimum Gasteiger partial charge on any atom is -0.392 e. The molecular formula is C21H22N2O3S. The molecule has 0 saturated carbocycles. The molecule has 1 aliphatic rings. The van der Waals surface area contributed by atoms with Crippen LogP contribution in [0.25, 0.3) is 10.9 Å². The van der Waals surface area contributed by atoms with Crippen molar-refractivity contribution in [1.82, 2.24) is 4.98 Å². The first-order chi connectivity index (χ1) is 13.0. The summed E-state index contributed by atoms with van der Waals surface area (Å²) in [6.45, 7) is 1.46. The van der Waals surface area contributed by atoms with Gasteiger partial charge in [0.15, 0.2) is 9.84 Å². The number of pyridine rings is 1. The molecule has 3 aromatic rings. The molecule has 0 radical (unpaired) electrons. The van der Waals surface area contributed by atoms with Gasteiger partial charge in [0, 0.05) is 30.3 Å². The van der Waals surface area contributed by atoms with E-state index in [2.05, 4.69) is 4.90 Å². The van der Waals surface area contributed by atoms with Crippen LogP contribution in [-0.4, -0.2) is 37.9 Å². The van der Waals surface area contributed by atoms with E-state index in [4.69, 9.17) is 4.98 Å². The first-order valence-electron chi connectivity index (χ1n) is 9.02. The largest absolute Gasteiger partial charge is 0.392 e. The first-order valence-corrected chi connectivity index (χ1v) is 10.9. The fourth-order valence-electron chi connectivity index (χ4n) is 3.68. The molecule has 0 atom stereocenters. The topological polar surface area (TPSA) is 70.5 Å². The zero-order valence-electron chi connectivity index (χ0n) is 15.2. The average Bonchev–Trinajstić information content (AvgIpc) is 2.88. The smallest absolute Gasteiger partial charge is 0.175 e. The molecular weight excluding hydrogens is 360 g/mol. The molecule has 0 bridgehead atoms. The van der Waals surface area contributed by atoms with Crippen molar-refractivity contribution in [2.45, 2.75) is 24.3 Å². The van der Waals surface area contributed by atoms with Crippen LogP contribution in [-0.2, 0) is 29.3 Å². The van der Waals surface area contributed by atoms with Gasteiger partial charge in [-0.15, -0.1) is 0 Å². The highest BCUT2D eigenvalue weighted by molar-refractivity contribution is 7.90. The molecule has 2 aromatic carbocycles. The number of hydrogen-bond acceptors (Lipinski definition) is 5. The van der Waals surface area contributed by atoms with Crippen LogP contribution in [0.15, 0.2) is 53.4 Å². The molecule has 0 fully saturated rings. The Hall–Kier alpha value is -2.44. The predicted molar refractivity (Wildman–Crippen MR) is 107 cm³/mol. The standard InChI is InChI=1S/C21H22N2O3S/c1-27(25,26)19-7-6-15-8-10-23(11-9-16(15)13-19)21-18(14-24)12-17-4-2-3-5-20(17)22-21/h2-7,12-13,24H,8-11,14H2,1H3. The fraction of sp³-hybridized carbons (Fsp3) is 0.286. The lowest BCUT2D eigenvalue weighted by Crippen LogP contribution is -2.28. The van der Waals surface area contributed by atoms with E-state index in [0.29, 0.717) is 4.90 Å². The van der Waals surface area contributed by atoms with Gasteiger partial charge < -0.3 is 10.0 Å². The van der Waals surface area contributed by atoms with Gasteiger partial charge in [-0.05, 0) is 48.2 Å². The molecule has 5 nitrogen and oxygen atoms in total. The van der Waals surface area contributed by atoms with Crippen LogP contribution in [0.1, 0.15) is 16.7 Å². The third-order valence-corrected chi connectivity index (χ3v) is 6.27. The number of aliphatic hydroxyl groups excluding tert-OH is 1. The average molecular weight is 382 g/mol. The molecule has 0 spiro atoms. The molecule has 140 valence electrons. The summed E-state index contributed by atoms with van der Waals surface area (Å²) < 4.78 is 23.7. The Kier molecular flexibility index (Phi) is 4.61. The third-order valence-electron chi connectivity index (χ3n) is 5.16. The highest BCUT2D eigenvalue weighted by Crippen LogP contribution is 2.27. The molecule has 0 unspecified atom stereocenters. The molecule has 6 heteroatoms. The van der Waals surface area contributed by atoms with Crippen molar-refractivity contribution in [2.24, 2.45) is 0 Å². The number of aliphatic hydroxyl groups is 1. The third kappa shape index (κ3) is 3.55. The highest BCUT2D eigenvalue weighted by atomic mass is 32.2. The summed E-state index contributed by atoms with van der Waals surface area (Å²) in [5, 5.41) is 10.9. The lowest BCUT2D eigenvalue weighted by Gasteiger charge is -2.24. The molecule has 1 aromatic heterocycles. The maximum absolute atomic E-state index is 11.9. The van der Waals surface area contributed by atoms with Crippen molar-refractivity contribution < 1.29 is 13.5 Å². The summed E-state index contributed by atoms with van der Waals surface area (Å²) in [6, 6.07) is 15.3. The second kappa shape index (κ2) is 6.94. The fourth-order valence-corrected chi connectivity index (χ4v) is 4.36. The van der Waals surface area contributed by atoms with E-state index < -0.39 is 9.84 Å². The SMILES string of the molecule is CS(=O)(=O)c1ccc2c(c1)CCN(c1nc3ccccc3cc1CO)CC2. The minimum atomic E-state index is -3.21. The Morgan fingerprint density at radius 1 is 1.04 bits per heavy atom. The maximum Gasteiger partial charge on any atom is 0.175 e. The normalized spacial score (nSPS) is 14.8. The molecule has 1 N–H and O–H groups in total. The number of fused-ring (bicyclic) bond motifs is 2. The lowest BCUT2D eigenvalue weighted by molar-refractivity contribution is 0.282. The van der Waals surface area contributed by atoms with E-state index in [1.807, 2.05) is 36.4 Å². The Bertz CT molecular complexity index is 1110. The van der Waals surface area contributed by atoms with E-state index >= 15 is 0 Å². The quantitative estimate of drug-likeness (QED) is 0.754. The van der Waals surface area contributed by atoms with Gasteiger partial charge in [0.1, 0.15) is 5.82 Å². The number of anilines is 1. The zero-order chi connectivity index (χ0) is 19.0. The van der Waals surface area contributed by atoms with Crippen LogP contribution >= 0.6 is 0 Å². The van der Waals surface area contributed by atoms with Crippen molar-refractivity contribution in [3.8, 4) is 0 Å². The van der Waals surface area contributed by atoms with Crippen molar-refractivity contribution in [3.63, 3.8) is 0 Å². The number of benzene rings is 2. The second-order valence-electron chi connectivity index (χ2n) is 7.01. The van der Waals surface area contributed by atoms with Gasteiger partial charge in [-0.25, -0.2) is 13.4 Å². The predicted octanol–water partition coefficient (Wildman–Crippen LogP) is 2.74.